The van der Waals surface area contributed by atoms with Crippen LogP contribution in [0.1, 0.15) is 5.56 Å². The number of ether oxygens (including phenoxy) is 3. The minimum absolute atomic E-state index is 0.123. The molecule has 1 aromatic carbocycles. The Kier molecular flexibility index (Phi) is 3.06. The molecule has 1 heterocycles. The first-order valence-electron chi connectivity index (χ1n) is 5.06. The van der Waals surface area contributed by atoms with Crippen molar-refractivity contribution in [3.8, 4) is 17.2 Å². The van der Waals surface area contributed by atoms with E-state index < -0.39 is 12.0 Å². The van der Waals surface area contributed by atoms with Gasteiger partial charge in [-0.05, 0) is 6.07 Å². The second-order valence-electron chi connectivity index (χ2n) is 3.67. The van der Waals surface area contributed by atoms with Crippen molar-refractivity contribution in [3.05, 3.63) is 17.7 Å². The van der Waals surface area contributed by atoms with Gasteiger partial charge in [-0.25, -0.2) is 0 Å². The highest BCUT2D eigenvalue weighted by molar-refractivity contribution is 5.74. The number of carboxylic acids is 1. The van der Waals surface area contributed by atoms with Gasteiger partial charge in [0.15, 0.2) is 11.5 Å². The first-order chi connectivity index (χ1) is 8.11. The number of carboxylic acid groups (broad SMARTS) is 1. The SMILES string of the molecule is COc1cc(CC(N)C(=O)O)c2c(c1)OCO2. The highest BCUT2D eigenvalue weighted by atomic mass is 16.7. The lowest BCUT2D eigenvalue weighted by Crippen LogP contribution is -2.32. The average molecular weight is 239 g/mol. The summed E-state index contributed by atoms with van der Waals surface area (Å²) in [6.45, 7) is 0.123. The molecule has 92 valence electrons. The van der Waals surface area contributed by atoms with Crippen LogP contribution >= 0.6 is 0 Å². The van der Waals surface area contributed by atoms with Gasteiger partial charge in [0.2, 0.25) is 6.79 Å². The minimum atomic E-state index is -1.06. The molecule has 0 fully saturated rings. The van der Waals surface area contributed by atoms with Crippen molar-refractivity contribution in [1.29, 1.82) is 0 Å². The van der Waals surface area contributed by atoms with E-state index in [9.17, 15) is 4.79 Å². The molecule has 0 bridgehead atoms. The molecule has 2 rings (SSSR count). The summed E-state index contributed by atoms with van der Waals surface area (Å²) in [6, 6.07) is 2.42. The average Bonchev–Trinajstić information content (AvgIpc) is 2.76. The number of benzene rings is 1. The number of nitrogens with two attached hydrogens (primary N) is 1. The molecule has 1 atom stereocenters. The predicted octanol–water partition coefficient (Wildman–Crippen LogP) is 0.378. The highest BCUT2D eigenvalue weighted by Gasteiger charge is 2.23. The van der Waals surface area contributed by atoms with Gasteiger partial charge in [-0.2, -0.15) is 0 Å². The van der Waals surface area contributed by atoms with Gasteiger partial charge in [-0.3, -0.25) is 4.79 Å². The summed E-state index contributed by atoms with van der Waals surface area (Å²) in [6.07, 6.45) is 0.165. The van der Waals surface area contributed by atoms with Crippen LogP contribution in [-0.4, -0.2) is 31.0 Å². The number of aliphatic carboxylic acids is 1. The van der Waals surface area contributed by atoms with Crippen LogP contribution in [0, 0.1) is 0 Å². The number of carbonyl (C=O) groups is 1. The lowest BCUT2D eigenvalue weighted by molar-refractivity contribution is -0.138. The standard InChI is InChI=1S/C11H13NO5/c1-15-7-2-6(3-8(12)11(13)14)10-9(4-7)16-5-17-10/h2,4,8H,3,5,12H2,1H3,(H,13,14). The molecule has 1 aliphatic heterocycles. The van der Waals surface area contributed by atoms with Gasteiger partial charge in [-0.1, -0.05) is 0 Å². The fourth-order valence-corrected chi connectivity index (χ4v) is 1.65. The van der Waals surface area contributed by atoms with E-state index in [1.54, 1.807) is 12.1 Å². The van der Waals surface area contributed by atoms with Crippen molar-refractivity contribution in [3.63, 3.8) is 0 Å². The smallest absolute Gasteiger partial charge is 0.320 e. The largest absolute Gasteiger partial charge is 0.497 e. The van der Waals surface area contributed by atoms with Crippen LogP contribution in [0.2, 0.25) is 0 Å². The van der Waals surface area contributed by atoms with Gasteiger partial charge in [-0.15, -0.1) is 0 Å². The Morgan fingerprint density at radius 3 is 3.00 bits per heavy atom. The molecular weight excluding hydrogens is 226 g/mol. The van der Waals surface area contributed by atoms with E-state index in [0.717, 1.165) is 0 Å². The van der Waals surface area contributed by atoms with Crippen LogP contribution < -0.4 is 19.9 Å². The molecule has 6 nitrogen and oxygen atoms in total. The monoisotopic (exact) mass is 239 g/mol. The highest BCUT2D eigenvalue weighted by Crippen LogP contribution is 2.39. The number of fused-ring (bicyclic) bond motifs is 1. The fraction of sp³-hybridized carbons (Fsp3) is 0.364. The third-order valence-electron chi connectivity index (χ3n) is 2.52. The van der Waals surface area contributed by atoms with Crippen molar-refractivity contribution in [2.24, 2.45) is 5.73 Å². The van der Waals surface area contributed by atoms with Crippen molar-refractivity contribution >= 4 is 5.97 Å². The summed E-state index contributed by atoms with van der Waals surface area (Å²) in [5.74, 6) is 0.627. The summed E-state index contributed by atoms with van der Waals surface area (Å²) in [5.41, 5.74) is 6.17. The number of hydrogen-bond acceptors (Lipinski definition) is 5. The molecule has 3 N–H and O–H groups in total. The molecule has 1 aromatic rings. The van der Waals surface area contributed by atoms with E-state index in [0.29, 0.717) is 22.8 Å². The Balaban J connectivity index is 2.32. The molecular formula is C11H13NO5. The van der Waals surface area contributed by atoms with Gasteiger partial charge in [0.05, 0.1) is 7.11 Å². The lowest BCUT2D eigenvalue weighted by atomic mass is 10.0. The second kappa shape index (κ2) is 4.50. The quantitative estimate of drug-likeness (QED) is 0.789. The maximum absolute atomic E-state index is 10.7. The third-order valence-corrected chi connectivity index (χ3v) is 2.52. The summed E-state index contributed by atoms with van der Waals surface area (Å²) in [7, 11) is 1.53. The molecule has 6 heteroatoms. The van der Waals surface area contributed by atoms with Crippen molar-refractivity contribution in [2.45, 2.75) is 12.5 Å². The van der Waals surface area contributed by atoms with Crippen LogP contribution in [0.4, 0.5) is 0 Å². The van der Waals surface area contributed by atoms with Crippen molar-refractivity contribution < 1.29 is 24.1 Å². The Morgan fingerprint density at radius 2 is 2.35 bits per heavy atom. The third kappa shape index (κ3) is 2.26. The summed E-state index contributed by atoms with van der Waals surface area (Å²) >= 11 is 0. The van der Waals surface area contributed by atoms with E-state index >= 15 is 0 Å². The predicted molar refractivity (Wildman–Crippen MR) is 58.4 cm³/mol. The van der Waals surface area contributed by atoms with Crippen molar-refractivity contribution in [2.75, 3.05) is 13.9 Å². The van der Waals surface area contributed by atoms with Crippen LogP contribution in [-0.2, 0) is 11.2 Å². The molecule has 0 saturated carbocycles. The molecule has 0 radical (unpaired) electrons. The van der Waals surface area contributed by atoms with Gasteiger partial charge in [0.25, 0.3) is 0 Å². The van der Waals surface area contributed by atoms with Crippen molar-refractivity contribution in [1.82, 2.24) is 0 Å². The molecule has 1 unspecified atom stereocenters. The minimum Gasteiger partial charge on any atom is -0.497 e. The summed E-state index contributed by atoms with van der Waals surface area (Å²) in [5, 5.41) is 8.79. The fourth-order valence-electron chi connectivity index (χ4n) is 1.65. The summed E-state index contributed by atoms with van der Waals surface area (Å²) in [4.78, 5) is 10.7. The number of methoxy groups -OCH3 is 1. The maximum Gasteiger partial charge on any atom is 0.320 e. The van der Waals surface area contributed by atoms with Gasteiger partial charge < -0.3 is 25.1 Å². The Hall–Kier alpha value is -1.95. The zero-order valence-electron chi connectivity index (χ0n) is 9.30. The van der Waals surface area contributed by atoms with Crippen LogP contribution in [0.15, 0.2) is 12.1 Å². The number of hydrogen-bond donors (Lipinski definition) is 2. The molecule has 0 amide bonds. The molecule has 17 heavy (non-hydrogen) atoms. The zero-order valence-corrected chi connectivity index (χ0v) is 9.30. The summed E-state index contributed by atoms with van der Waals surface area (Å²) < 4.78 is 15.6. The lowest BCUT2D eigenvalue weighted by Gasteiger charge is -2.11. The zero-order chi connectivity index (χ0) is 12.4. The number of rotatable bonds is 4. The Morgan fingerprint density at radius 1 is 1.59 bits per heavy atom. The topological polar surface area (TPSA) is 91.0 Å². The van der Waals surface area contributed by atoms with Gasteiger partial charge in [0, 0.05) is 18.1 Å². The van der Waals surface area contributed by atoms with E-state index in [1.807, 2.05) is 0 Å². The maximum atomic E-state index is 10.7. The van der Waals surface area contributed by atoms with Gasteiger partial charge in [0.1, 0.15) is 11.8 Å². The van der Waals surface area contributed by atoms with Gasteiger partial charge >= 0.3 is 5.97 Å². The second-order valence-corrected chi connectivity index (χ2v) is 3.67. The molecule has 1 aliphatic rings. The first-order valence-corrected chi connectivity index (χ1v) is 5.06. The molecule has 0 saturated heterocycles. The first kappa shape index (κ1) is 11.5. The molecule has 0 aromatic heterocycles. The molecule has 0 aliphatic carbocycles. The van der Waals surface area contributed by atoms with E-state index in [1.165, 1.54) is 7.11 Å². The van der Waals surface area contributed by atoms with E-state index in [4.69, 9.17) is 25.1 Å². The van der Waals surface area contributed by atoms with Crippen LogP contribution in [0.25, 0.3) is 0 Å². The van der Waals surface area contributed by atoms with E-state index in [2.05, 4.69) is 0 Å². The Labute approximate surface area is 97.9 Å². The van der Waals surface area contributed by atoms with E-state index in [-0.39, 0.29) is 13.2 Å². The Bertz CT molecular complexity index is 446. The molecule has 0 spiro atoms. The normalized spacial score (nSPS) is 14.5. The van der Waals surface area contributed by atoms with Crippen LogP contribution in [0.5, 0.6) is 17.2 Å². The van der Waals surface area contributed by atoms with Crippen LogP contribution in [0.3, 0.4) is 0 Å².